The zero-order valence-electron chi connectivity index (χ0n) is 13.4. The molecule has 0 saturated carbocycles. The zero-order valence-corrected chi connectivity index (χ0v) is 13.4. The molecular weight excluding hydrogens is 246 g/mol. The number of halogens is 1. The molecule has 0 heterocycles. The van der Waals surface area contributed by atoms with Gasteiger partial charge in [0.1, 0.15) is 0 Å². The fourth-order valence-corrected chi connectivity index (χ4v) is 2.61. The van der Waals surface area contributed by atoms with E-state index < -0.39 is 0 Å². The van der Waals surface area contributed by atoms with Crippen molar-refractivity contribution in [3.63, 3.8) is 0 Å². The molecule has 0 atom stereocenters. The van der Waals surface area contributed by atoms with Crippen LogP contribution in [0.15, 0.2) is 24.3 Å². The first kappa shape index (κ1) is 16.5. The summed E-state index contributed by atoms with van der Waals surface area (Å²) in [7, 11) is 1.04. The average molecular weight is 270 g/mol. The maximum absolute atomic E-state index is 2.28. The molecular formula is C18H24BF. The molecule has 20 heavy (non-hydrogen) atoms. The van der Waals surface area contributed by atoms with Crippen molar-refractivity contribution in [1.29, 1.82) is 0 Å². The van der Waals surface area contributed by atoms with Gasteiger partial charge in [-0.1, -0.05) is 46.3 Å². The van der Waals surface area contributed by atoms with E-state index in [0.29, 0.717) is 0 Å². The van der Waals surface area contributed by atoms with E-state index in [0.717, 1.165) is 7.28 Å². The van der Waals surface area contributed by atoms with Crippen molar-refractivity contribution in [2.75, 3.05) is 0 Å². The molecule has 0 nitrogen and oxygen atoms in total. The predicted octanol–water partition coefficient (Wildman–Crippen LogP) is 3.08. The molecule has 0 saturated heterocycles. The largest absolute Gasteiger partial charge is 0.269 e. The molecule has 0 radical (unpaired) electrons. The van der Waals surface area contributed by atoms with Crippen molar-refractivity contribution in [3.05, 3.63) is 57.6 Å². The SMILES string of the molecule is Cc1ccc(Bc2ccc(C)c(C)c2C)c(C)c1C.F. The molecule has 2 rings (SSSR count). The number of aryl methyl sites for hydroxylation is 2. The number of rotatable bonds is 2. The highest BCUT2D eigenvalue weighted by atomic mass is 19.0. The third-order valence-electron chi connectivity index (χ3n) is 4.72. The van der Waals surface area contributed by atoms with E-state index in [1.807, 2.05) is 0 Å². The third-order valence-corrected chi connectivity index (χ3v) is 4.72. The first-order valence-electron chi connectivity index (χ1n) is 7.03. The molecule has 106 valence electrons. The Morgan fingerprint density at radius 2 is 0.900 bits per heavy atom. The summed E-state index contributed by atoms with van der Waals surface area (Å²) in [6.45, 7) is 13.3. The summed E-state index contributed by atoms with van der Waals surface area (Å²) in [5.41, 5.74) is 11.4. The fourth-order valence-electron chi connectivity index (χ4n) is 2.61. The predicted molar refractivity (Wildman–Crippen MR) is 90.2 cm³/mol. The monoisotopic (exact) mass is 270 g/mol. The van der Waals surface area contributed by atoms with Crippen molar-refractivity contribution in [2.45, 2.75) is 41.5 Å². The van der Waals surface area contributed by atoms with Gasteiger partial charge in [0.15, 0.2) is 7.28 Å². The van der Waals surface area contributed by atoms with Crippen LogP contribution in [-0.2, 0) is 0 Å². The lowest BCUT2D eigenvalue weighted by molar-refractivity contribution is 1.11. The summed E-state index contributed by atoms with van der Waals surface area (Å²) in [5.74, 6) is 0. The Morgan fingerprint density at radius 1 is 0.550 bits per heavy atom. The molecule has 0 N–H and O–H groups in total. The van der Waals surface area contributed by atoms with Crippen LogP contribution in [0.25, 0.3) is 0 Å². The maximum Gasteiger partial charge on any atom is 0.192 e. The van der Waals surface area contributed by atoms with E-state index in [2.05, 4.69) is 65.8 Å². The van der Waals surface area contributed by atoms with Crippen molar-refractivity contribution >= 4 is 18.2 Å². The highest BCUT2D eigenvalue weighted by Gasteiger charge is 2.09. The Bertz CT molecular complexity index is 574. The van der Waals surface area contributed by atoms with Crippen LogP contribution in [0.2, 0.25) is 0 Å². The Kier molecular flexibility index (Phi) is 5.16. The fraction of sp³-hybridized carbons (Fsp3) is 0.333. The van der Waals surface area contributed by atoms with Crippen LogP contribution in [0.1, 0.15) is 33.4 Å². The molecule has 0 fully saturated rings. The standard InChI is InChI=1S/C18H23B.FH/c1-11-7-9-17(15(5)13(11)3)19-18-10-8-12(2)14(4)16(18)6;/h7-10,19H,1-6H3;1H. The second-order valence-corrected chi connectivity index (χ2v) is 5.76. The average Bonchev–Trinajstić information content (AvgIpc) is 2.39. The van der Waals surface area contributed by atoms with E-state index in [1.54, 1.807) is 0 Å². The van der Waals surface area contributed by atoms with Gasteiger partial charge >= 0.3 is 0 Å². The molecule has 2 heteroatoms. The first-order valence-corrected chi connectivity index (χ1v) is 7.03. The Balaban J connectivity index is 0.00000200. The van der Waals surface area contributed by atoms with Gasteiger partial charge in [-0.15, -0.1) is 0 Å². The maximum atomic E-state index is 2.28. The highest BCUT2D eigenvalue weighted by Crippen LogP contribution is 2.11. The van der Waals surface area contributed by atoms with Gasteiger partial charge in [0.2, 0.25) is 0 Å². The molecule has 0 bridgehead atoms. The molecule has 2 aromatic carbocycles. The van der Waals surface area contributed by atoms with E-state index in [-0.39, 0.29) is 4.70 Å². The summed E-state index contributed by atoms with van der Waals surface area (Å²) >= 11 is 0. The third kappa shape index (κ3) is 2.95. The second kappa shape index (κ2) is 6.26. The summed E-state index contributed by atoms with van der Waals surface area (Å²) in [5, 5.41) is 0. The van der Waals surface area contributed by atoms with Crippen LogP contribution >= 0.6 is 0 Å². The molecule has 0 aliphatic rings. The Morgan fingerprint density at radius 3 is 1.25 bits per heavy atom. The normalized spacial score (nSPS) is 10.1. The number of hydrogen-bond acceptors (Lipinski definition) is 0. The summed E-state index contributed by atoms with van der Waals surface area (Å²) in [6, 6.07) is 9.06. The van der Waals surface area contributed by atoms with Gasteiger partial charge in [-0.2, -0.15) is 0 Å². The van der Waals surface area contributed by atoms with Gasteiger partial charge in [-0.25, -0.2) is 0 Å². The zero-order chi connectivity index (χ0) is 14.2. The molecule has 0 aliphatic heterocycles. The van der Waals surface area contributed by atoms with Gasteiger partial charge in [0, 0.05) is 0 Å². The van der Waals surface area contributed by atoms with Crippen LogP contribution in [0, 0.1) is 41.5 Å². The number of benzene rings is 2. The van der Waals surface area contributed by atoms with Crippen molar-refractivity contribution in [3.8, 4) is 0 Å². The minimum atomic E-state index is 0. The van der Waals surface area contributed by atoms with Gasteiger partial charge in [-0.05, 0) is 63.8 Å². The van der Waals surface area contributed by atoms with Gasteiger partial charge in [0.25, 0.3) is 0 Å². The lowest BCUT2D eigenvalue weighted by Gasteiger charge is -2.14. The van der Waals surface area contributed by atoms with E-state index in [9.17, 15) is 0 Å². The van der Waals surface area contributed by atoms with Gasteiger partial charge < -0.3 is 0 Å². The van der Waals surface area contributed by atoms with E-state index >= 15 is 0 Å². The lowest BCUT2D eigenvalue weighted by Crippen LogP contribution is -2.32. The smallest absolute Gasteiger partial charge is 0.192 e. The summed E-state index contributed by atoms with van der Waals surface area (Å²) in [4.78, 5) is 0. The van der Waals surface area contributed by atoms with Crippen LogP contribution < -0.4 is 10.9 Å². The molecule has 0 amide bonds. The molecule has 0 unspecified atom stereocenters. The topological polar surface area (TPSA) is 0 Å². The van der Waals surface area contributed by atoms with E-state index in [1.165, 1.54) is 44.3 Å². The number of hydrogen-bond donors (Lipinski definition) is 0. The minimum Gasteiger partial charge on any atom is -0.269 e. The van der Waals surface area contributed by atoms with Crippen LogP contribution in [-0.4, -0.2) is 7.28 Å². The second-order valence-electron chi connectivity index (χ2n) is 5.76. The van der Waals surface area contributed by atoms with Crippen LogP contribution in [0.4, 0.5) is 4.70 Å². The van der Waals surface area contributed by atoms with Crippen molar-refractivity contribution in [2.24, 2.45) is 0 Å². The Hall–Kier alpha value is -1.57. The summed E-state index contributed by atoms with van der Waals surface area (Å²) in [6.07, 6.45) is 0. The summed E-state index contributed by atoms with van der Waals surface area (Å²) < 4.78 is 0. The van der Waals surface area contributed by atoms with Crippen LogP contribution in [0.3, 0.4) is 0 Å². The Labute approximate surface area is 122 Å². The molecule has 2 aromatic rings. The molecule has 0 aliphatic carbocycles. The first-order chi connectivity index (χ1) is 8.91. The van der Waals surface area contributed by atoms with Crippen LogP contribution in [0.5, 0.6) is 0 Å². The van der Waals surface area contributed by atoms with Crippen molar-refractivity contribution in [1.82, 2.24) is 0 Å². The van der Waals surface area contributed by atoms with Gasteiger partial charge in [0.05, 0.1) is 0 Å². The molecule has 0 aromatic heterocycles. The van der Waals surface area contributed by atoms with E-state index in [4.69, 9.17) is 0 Å². The molecule has 0 spiro atoms. The quantitative estimate of drug-likeness (QED) is 0.736. The minimum absolute atomic E-state index is 0. The highest BCUT2D eigenvalue weighted by molar-refractivity contribution is 6.68. The van der Waals surface area contributed by atoms with Crippen molar-refractivity contribution < 1.29 is 4.70 Å². The van der Waals surface area contributed by atoms with Gasteiger partial charge in [-0.3, -0.25) is 4.70 Å². The lowest BCUT2D eigenvalue weighted by atomic mass is 9.60.